The Hall–Kier alpha value is -2.10. The van der Waals surface area contributed by atoms with Gasteiger partial charge in [-0.15, -0.1) is 0 Å². The maximum atomic E-state index is 11.8. The van der Waals surface area contributed by atoms with Crippen molar-refractivity contribution in [3.63, 3.8) is 0 Å². The van der Waals surface area contributed by atoms with E-state index in [2.05, 4.69) is 52.8 Å². The maximum absolute atomic E-state index is 11.8. The minimum atomic E-state index is -0.471. The highest BCUT2D eigenvalue weighted by atomic mass is 16.5. The first-order chi connectivity index (χ1) is 14.6. The molecule has 0 unspecified atom stereocenters. The summed E-state index contributed by atoms with van der Waals surface area (Å²) in [6.45, 7) is 14.7. The molecule has 0 amide bonds. The van der Waals surface area contributed by atoms with Crippen molar-refractivity contribution >= 4 is 11.9 Å². The Morgan fingerprint density at radius 2 is 1.23 bits per heavy atom. The highest BCUT2D eigenvalue weighted by molar-refractivity contribution is 5.79. The average Bonchev–Trinajstić information content (AvgIpc) is 2.67. The third-order valence-corrected chi connectivity index (χ3v) is 4.99. The molecule has 0 aromatic heterocycles. The van der Waals surface area contributed by atoms with Gasteiger partial charge in [-0.1, -0.05) is 47.4 Å². The van der Waals surface area contributed by atoms with Gasteiger partial charge in [0.05, 0.1) is 18.9 Å². The summed E-state index contributed by atoms with van der Waals surface area (Å²) >= 11 is 0. The van der Waals surface area contributed by atoms with Gasteiger partial charge in [0, 0.05) is 0 Å². The molecule has 4 heteroatoms. The van der Waals surface area contributed by atoms with Gasteiger partial charge in [0.1, 0.15) is 6.61 Å². The molecule has 0 radical (unpaired) electrons. The van der Waals surface area contributed by atoms with Crippen molar-refractivity contribution in [2.45, 2.75) is 93.4 Å². The van der Waals surface area contributed by atoms with E-state index in [0.29, 0.717) is 6.61 Å². The number of hydrogen-bond acceptors (Lipinski definition) is 4. The molecular formula is C27H44O4. The van der Waals surface area contributed by atoms with Crippen molar-refractivity contribution in [1.29, 1.82) is 0 Å². The van der Waals surface area contributed by atoms with Crippen LogP contribution in [-0.4, -0.2) is 25.2 Å². The molecule has 0 aliphatic carbocycles. The van der Waals surface area contributed by atoms with E-state index < -0.39 is 5.92 Å². The maximum Gasteiger partial charge on any atom is 0.309 e. The van der Waals surface area contributed by atoms with E-state index in [-0.39, 0.29) is 25.0 Å². The monoisotopic (exact) mass is 432 g/mol. The van der Waals surface area contributed by atoms with E-state index in [1.165, 1.54) is 22.3 Å². The van der Waals surface area contributed by atoms with E-state index in [0.717, 1.165) is 38.5 Å². The molecule has 0 aliphatic heterocycles. The molecule has 0 saturated carbocycles. The van der Waals surface area contributed by atoms with Crippen LogP contribution in [0.1, 0.15) is 93.4 Å². The highest BCUT2D eigenvalue weighted by Crippen LogP contribution is 2.13. The Labute approximate surface area is 190 Å². The molecule has 0 saturated heterocycles. The standard InChI is InChI=1S/C27H44O4/c1-8-30-27(29)25(7)20-26(28)31-19-18-24(6)17-11-16-23(5)15-10-14-22(4)13-9-12-21(2)3/h12,14,16,18,25H,8-11,13,15,17,19-20H2,1-7H3/b22-14+,23-16+,24-18+/t25-/m0/s1. The van der Waals surface area contributed by atoms with Crippen LogP contribution >= 0.6 is 0 Å². The van der Waals surface area contributed by atoms with Crippen LogP contribution in [0.3, 0.4) is 0 Å². The van der Waals surface area contributed by atoms with Crippen molar-refractivity contribution < 1.29 is 19.1 Å². The number of esters is 2. The van der Waals surface area contributed by atoms with Crippen LogP contribution in [0.4, 0.5) is 0 Å². The fourth-order valence-electron chi connectivity index (χ4n) is 2.94. The molecule has 0 spiro atoms. The molecule has 4 nitrogen and oxygen atoms in total. The SMILES string of the molecule is CCOC(=O)[C@@H](C)CC(=O)OC/C=C(\C)CC/C=C(\C)CC/C=C(\C)CCC=C(C)C. The fourth-order valence-corrected chi connectivity index (χ4v) is 2.94. The number of rotatable bonds is 15. The van der Waals surface area contributed by atoms with E-state index in [1.54, 1.807) is 13.8 Å². The van der Waals surface area contributed by atoms with Gasteiger partial charge in [0.15, 0.2) is 0 Å². The van der Waals surface area contributed by atoms with Crippen molar-refractivity contribution in [3.05, 3.63) is 46.6 Å². The van der Waals surface area contributed by atoms with Crippen LogP contribution in [0.15, 0.2) is 46.6 Å². The molecule has 0 aromatic carbocycles. The second-order valence-corrected chi connectivity index (χ2v) is 8.59. The van der Waals surface area contributed by atoms with E-state index in [1.807, 2.05) is 6.08 Å². The summed E-state index contributed by atoms with van der Waals surface area (Å²) < 4.78 is 10.1. The first kappa shape index (κ1) is 28.9. The zero-order chi connectivity index (χ0) is 23.6. The lowest BCUT2D eigenvalue weighted by molar-refractivity contribution is -0.153. The average molecular weight is 433 g/mol. The van der Waals surface area contributed by atoms with Gasteiger partial charge in [-0.25, -0.2) is 0 Å². The lowest BCUT2D eigenvalue weighted by Gasteiger charge is -2.09. The first-order valence-electron chi connectivity index (χ1n) is 11.6. The Morgan fingerprint density at radius 1 is 0.742 bits per heavy atom. The van der Waals surface area contributed by atoms with Crippen LogP contribution in [-0.2, 0) is 19.1 Å². The lowest BCUT2D eigenvalue weighted by Crippen LogP contribution is -2.19. The zero-order valence-corrected chi connectivity index (χ0v) is 20.9. The Balaban J connectivity index is 4.11. The van der Waals surface area contributed by atoms with Crippen LogP contribution in [0.2, 0.25) is 0 Å². The Bertz CT molecular complexity index is 661. The molecule has 0 fully saturated rings. The third kappa shape index (κ3) is 17.3. The minimum absolute atomic E-state index is 0.0521. The lowest BCUT2D eigenvalue weighted by atomic mass is 10.0. The molecule has 0 aromatic rings. The van der Waals surface area contributed by atoms with Crippen LogP contribution in [0.25, 0.3) is 0 Å². The van der Waals surface area contributed by atoms with Gasteiger partial charge < -0.3 is 9.47 Å². The molecule has 176 valence electrons. The largest absolute Gasteiger partial charge is 0.466 e. The summed E-state index contributed by atoms with van der Waals surface area (Å²) in [5.41, 5.74) is 5.47. The van der Waals surface area contributed by atoms with Gasteiger partial charge in [-0.05, 0) is 86.1 Å². The van der Waals surface area contributed by atoms with Crippen LogP contribution in [0.5, 0.6) is 0 Å². The summed E-state index contributed by atoms with van der Waals surface area (Å²) in [6, 6.07) is 0. The summed E-state index contributed by atoms with van der Waals surface area (Å²) in [7, 11) is 0. The summed E-state index contributed by atoms with van der Waals surface area (Å²) in [6.07, 6.45) is 15.4. The number of carbonyl (C=O) groups excluding carboxylic acids is 2. The van der Waals surface area contributed by atoms with Crippen LogP contribution in [0, 0.1) is 5.92 Å². The molecule has 1 atom stereocenters. The summed E-state index contributed by atoms with van der Waals surface area (Å²) in [5, 5.41) is 0. The predicted octanol–water partition coefficient (Wildman–Crippen LogP) is 7.26. The van der Waals surface area contributed by atoms with Crippen molar-refractivity contribution in [3.8, 4) is 0 Å². The molecule has 0 aliphatic rings. The minimum Gasteiger partial charge on any atom is -0.466 e. The fraction of sp³-hybridized carbons (Fsp3) is 0.630. The predicted molar refractivity (Wildman–Crippen MR) is 130 cm³/mol. The first-order valence-corrected chi connectivity index (χ1v) is 11.6. The zero-order valence-electron chi connectivity index (χ0n) is 20.9. The second-order valence-electron chi connectivity index (χ2n) is 8.59. The Kier molecular flexibility index (Phi) is 16.4. The van der Waals surface area contributed by atoms with E-state index >= 15 is 0 Å². The quantitative estimate of drug-likeness (QED) is 0.202. The second kappa shape index (κ2) is 17.6. The summed E-state index contributed by atoms with van der Waals surface area (Å²) in [4.78, 5) is 23.4. The van der Waals surface area contributed by atoms with Gasteiger partial charge >= 0.3 is 11.9 Å². The topological polar surface area (TPSA) is 52.6 Å². The van der Waals surface area contributed by atoms with Crippen molar-refractivity contribution in [1.82, 2.24) is 0 Å². The molecule has 0 rings (SSSR count). The number of allylic oxidation sites excluding steroid dienone is 7. The van der Waals surface area contributed by atoms with E-state index in [4.69, 9.17) is 9.47 Å². The van der Waals surface area contributed by atoms with Gasteiger partial charge in [0.2, 0.25) is 0 Å². The molecule has 0 heterocycles. The highest BCUT2D eigenvalue weighted by Gasteiger charge is 2.18. The van der Waals surface area contributed by atoms with E-state index in [9.17, 15) is 9.59 Å². The normalized spacial score (nSPS) is 13.6. The third-order valence-electron chi connectivity index (χ3n) is 4.99. The van der Waals surface area contributed by atoms with Gasteiger partial charge in [-0.3, -0.25) is 9.59 Å². The van der Waals surface area contributed by atoms with Crippen LogP contribution < -0.4 is 0 Å². The van der Waals surface area contributed by atoms with Crippen molar-refractivity contribution in [2.24, 2.45) is 5.92 Å². The molecule has 0 bridgehead atoms. The van der Waals surface area contributed by atoms with Gasteiger partial charge in [-0.2, -0.15) is 0 Å². The molecule has 0 N–H and O–H groups in total. The van der Waals surface area contributed by atoms with Crippen molar-refractivity contribution in [2.75, 3.05) is 13.2 Å². The van der Waals surface area contributed by atoms with Gasteiger partial charge in [0.25, 0.3) is 0 Å². The number of ether oxygens (including phenoxy) is 2. The summed E-state index contributed by atoms with van der Waals surface area (Å²) in [5.74, 6) is -1.20. The smallest absolute Gasteiger partial charge is 0.309 e. The number of hydrogen-bond donors (Lipinski definition) is 0. The molecular weight excluding hydrogens is 388 g/mol. The Morgan fingerprint density at radius 3 is 1.71 bits per heavy atom. The number of carbonyl (C=O) groups is 2. The molecule has 31 heavy (non-hydrogen) atoms.